The van der Waals surface area contributed by atoms with Crippen LogP contribution in [0.5, 0.6) is 0 Å². The van der Waals surface area contributed by atoms with Crippen LogP contribution in [0.3, 0.4) is 0 Å². The number of Topliss-reactive ketones (excluding diaryl/α,β-unsaturated/α-hetero) is 1. The van der Waals surface area contributed by atoms with Crippen LogP contribution >= 0.6 is 0 Å². The summed E-state index contributed by atoms with van der Waals surface area (Å²) >= 11 is 0. The average Bonchev–Trinajstić information content (AvgIpc) is 3.42. The number of ketones is 1. The molecule has 1 aromatic carbocycles. The number of nitrogens with one attached hydrogen (secondary N) is 1. The van der Waals surface area contributed by atoms with E-state index in [-0.39, 0.29) is 29.3 Å². The van der Waals surface area contributed by atoms with E-state index in [0.717, 1.165) is 16.5 Å². The van der Waals surface area contributed by atoms with Crippen LogP contribution in [0.1, 0.15) is 74.5 Å². The van der Waals surface area contributed by atoms with Crippen molar-refractivity contribution in [3.05, 3.63) is 35.0 Å². The zero-order valence-corrected chi connectivity index (χ0v) is 16.0. The molecule has 5 nitrogen and oxygen atoms in total. The zero-order chi connectivity index (χ0) is 19.1. The Morgan fingerprint density at radius 3 is 2.50 bits per heavy atom. The number of hydrogen-bond donors (Lipinski definition) is 2. The van der Waals surface area contributed by atoms with Crippen LogP contribution in [0, 0.1) is 0 Å². The van der Waals surface area contributed by atoms with Crippen molar-refractivity contribution in [1.82, 2.24) is 10.3 Å². The van der Waals surface area contributed by atoms with Crippen molar-refractivity contribution < 1.29 is 9.59 Å². The lowest BCUT2D eigenvalue weighted by atomic mass is 9.83. The van der Waals surface area contributed by atoms with Gasteiger partial charge in [-0.15, -0.1) is 0 Å². The molecule has 0 spiro atoms. The van der Waals surface area contributed by atoms with Gasteiger partial charge in [0.2, 0.25) is 0 Å². The molecule has 0 unspecified atom stereocenters. The van der Waals surface area contributed by atoms with Gasteiger partial charge in [-0.3, -0.25) is 9.59 Å². The summed E-state index contributed by atoms with van der Waals surface area (Å²) in [6.07, 6.45) is 2.83. The van der Waals surface area contributed by atoms with E-state index in [1.807, 2.05) is 0 Å². The summed E-state index contributed by atoms with van der Waals surface area (Å²) in [6, 6.07) is 5.94. The standard InChI is InChI=1S/C21H27N3O2/c1-5-14(25)11-23-20(26)18-10-17(22)15-8-13(12-6-7-12)9-16(19(15)24-18)21(2,3)4/h8-10,12H,5-7,11H2,1-4H3,(H2,22,24)(H,23,26). The molecule has 5 heteroatoms. The highest BCUT2D eigenvalue weighted by atomic mass is 16.2. The molecule has 1 fully saturated rings. The molecule has 138 valence electrons. The summed E-state index contributed by atoms with van der Waals surface area (Å²) in [5, 5.41) is 3.54. The molecule has 26 heavy (non-hydrogen) atoms. The number of nitrogens with zero attached hydrogens (tertiary/aromatic N) is 1. The van der Waals surface area contributed by atoms with E-state index in [1.165, 1.54) is 18.4 Å². The summed E-state index contributed by atoms with van der Waals surface area (Å²) in [5.74, 6) is 0.228. The molecule has 3 rings (SSSR count). The van der Waals surface area contributed by atoms with Gasteiger partial charge >= 0.3 is 0 Å². The van der Waals surface area contributed by atoms with E-state index in [4.69, 9.17) is 5.73 Å². The molecule has 1 aliphatic carbocycles. The molecule has 1 heterocycles. The highest BCUT2D eigenvalue weighted by molar-refractivity contribution is 6.01. The Labute approximate surface area is 154 Å². The number of nitrogens with two attached hydrogens (primary N) is 1. The lowest BCUT2D eigenvalue weighted by molar-refractivity contribution is -0.117. The van der Waals surface area contributed by atoms with Crippen LogP contribution in [-0.2, 0) is 10.2 Å². The molecule has 3 N–H and O–H groups in total. The minimum atomic E-state index is -0.369. The Morgan fingerprint density at radius 2 is 1.92 bits per heavy atom. The Morgan fingerprint density at radius 1 is 1.23 bits per heavy atom. The van der Waals surface area contributed by atoms with E-state index in [9.17, 15) is 9.59 Å². The van der Waals surface area contributed by atoms with Crippen LogP contribution in [0.25, 0.3) is 10.9 Å². The van der Waals surface area contributed by atoms with Crippen LogP contribution < -0.4 is 11.1 Å². The van der Waals surface area contributed by atoms with Crippen molar-refractivity contribution >= 4 is 28.3 Å². The quantitative estimate of drug-likeness (QED) is 0.858. The minimum Gasteiger partial charge on any atom is -0.398 e. The predicted molar refractivity (Wildman–Crippen MR) is 104 cm³/mol. The van der Waals surface area contributed by atoms with Crippen molar-refractivity contribution in [3.63, 3.8) is 0 Å². The van der Waals surface area contributed by atoms with E-state index < -0.39 is 0 Å². The number of pyridine rings is 1. The third kappa shape index (κ3) is 3.71. The molecule has 0 atom stereocenters. The number of hydrogen-bond acceptors (Lipinski definition) is 4. The lowest BCUT2D eigenvalue weighted by Crippen LogP contribution is -2.30. The summed E-state index contributed by atoms with van der Waals surface area (Å²) < 4.78 is 0. The fourth-order valence-corrected chi connectivity index (χ4v) is 3.11. The summed E-state index contributed by atoms with van der Waals surface area (Å²) in [7, 11) is 0. The van der Waals surface area contributed by atoms with Crippen LogP contribution in [0.2, 0.25) is 0 Å². The zero-order valence-electron chi connectivity index (χ0n) is 16.0. The van der Waals surface area contributed by atoms with Gasteiger partial charge in [-0.1, -0.05) is 33.8 Å². The highest BCUT2D eigenvalue weighted by Crippen LogP contribution is 2.43. The van der Waals surface area contributed by atoms with Crippen molar-refractivity contribution in [1.29, 1.82) is 0 Å². The molecule has 1 saturated carbocycles. The first-order valence-corrected chi connectivity index (χ1v) is 9.25. The number of amides is 1. The lowest BCUT2D eigenvalue weighted by Gasteiger charge is -2.23. The highest BCUT2D eigenvalue weighted by Gasteiger charge is 2.28. The van der Waals surface area contributed by atoms with Gasteiger partial charge in [0.25, 0.3) is 5.91 Å². The molecule has 0 radical (unpaired) electrons. The number of fused-ring (bicyclic) bond motifs is 1. The third-order valence-corrected chi connectivity index (χ3v) is 4.90. The molecular weight excluding hydrogens is 326 g/mol. The Bertz CT molecular complexity index is 877. The summed E-state index contributed by atoms with van der Waals surface area (Å²) in [4.78, 5) is 28.5. The first kappa shape index (κ1) is 18.4. The van der Waals surface area contributed by atoms with E-state index in [0.29, 0.717) is 18.0 Å². The van der Waals surface area contributed by atoms with Crippen LogP contribution in [-0.4, -0.2) is 23.2 Å². The number of aromatic nitrogens is 1. The van der Waals surface area contributed by atoms with Gasteiger partial charge in [-0.05, 0) is 47.4 Å². The minimum absolute atomic E-state index is 0.0156. The molecule has 0 saturated heterocycles. The number of carbonyl (C=O) groups excluding carboxylic acids is 2. The second kappa shape index (κ2) is 6.71. The number of carbonyl (C=O) groups is 2. The summed E-state index contributed by atoms with van der Waals surface area (Å²) in [5.41, 5.74) is 10.2. The maximum atomic E-state index is 12.4. The van der Waals surface area contributed by atoms with Crippen LogP contribution in [0.4, 0.5) is 5.69 Å². The van der Waals surface area contributed by atoms with Gasteiger partial charge in [0, 0.05) is 17.5 Å². The maximum absolute atomic E-state index is 12.4. The predicted octanol–water partition coefficient (Wildman–Crippen LogP) is 3.70. The fourth-order valence-electron chi connectivity index (χ4n) is 3.11. The molecule has 0 aliphatic heterocycles. The topological polar surface area (TPSA) is 85.1 Å². The average molecular weight is 353 g/mol. The van der Waals surface area contributed by atoms with Crippen molar-refractivity contribution in [3.8, 4) is 0 Å². The Kier molecular flexibility index (Phi) is 4.74. The van der Waals surface area contributed by atoms with Gasteiger partial charge in [-0.25, -0.2) is 4.98 Å². The first-order valence-electron chi connectivity index (χ1n) is 9.25. The fraction of sp³-hybridized carbons (Fsp3) is 0.476. The van der Waals surface area contributed by atoms with Gasteiger partial charge in [0.05, 0.1) is 12.1 Å². The van der Waals surface area contributed by atoms with Gasteiger partial charge in [0.15, 0.2) is 5.78 Å². The molecule has 1 aliphatic rings. The van der Waals surface area contributed by atoms with Crippen molar-refractivity contribution in [2.24, 2.45) is 0 Å². The number of rotatable bonds is 5. The summed E-state index contributed by atoms with van der Waals surface area (Å²) in [6.45, 7) is 8.21. The molecule has 2 aromatic rings. The van der Waals surface area contributed by atoms with Gasteiger partial charge in [-0.2, -0.15) is 0 Å². The first-order chi connectivity index (χ1) is 12.2. The second-order valence-corrected chi connectivity index (χ2v) is 8.16. The molecular formula is C21H27N3O2. The normalized spacial score (nSPS) is 14.5. The molecule has 1 amide bonds. The van der Waals surface area contributed by atoms with E-state index in [2.05, 4.69) is 43.2 Å². The van der Waals surface area contributed by atoms with Crippen molar-refractivity contribution in [2.75, 3.05) is 12.3 Å². The van der Waals surface area contributed by atoms with Gasteiger partial charge in [0.1, 0.15) is 5.69 Å². The van der Waals surface area contributed by atoms with Gasteiger partial charge < -0.3 is 11.1 Å². The number of nitrogen functional groups attached to an aromatic ring is 1. The SMILES string of the molecule is CCC(=O)CNC(=O)c1cc(N)c2cc(C3CC3)cc(C(C)(C)C)c2n1. The molecule has 0 bridgehead atoms. The molecule has 1 aromatic heterocycles. The van der Waals surface area contributed by atoms with Crippen LogP contribution in [0.15, 0.2) is 18.2 Å². The smallest absolute Gasteiger partial charge is 0.270 e. The van der Waals surface area contributed by atoms with Crippen molar-refractivity contribution in [2.45, 2.75) is 58.3 Å². The monoisotopic (exact) mass is 353 g/mol. The number of benzene rings is 1. The maximum Gasteiger partial charge on any atom is 0.270 e. The number of anilines is 1. The van der Waals surface area contributed by atoms with E-state index >= 15 is 0 Å². The Hall–Kier alpha value is -2.43. The third-order valence-electron chi connectivity index (χ3n) is 4.90. The second-order valence-electron chi connectivity index (χ2n) is 8.16. The Balaban J connectivity index is 2.07. The van der Waals surface area contributed by atoms with E-state index in [1.54, 1.807) is 13.0 Å². The largest absolute Gasteiger partial charge is 0.398 e.